The maximum atomic E-state index is 13.0. The standard InChI is InChI=1S/C19H15NO4S2/c21-13-8-6-12(7-9-13)15-10-17(22)20-18-16(11-25-19(15)18)26(23,24)14-4-2-1-3-5-14/h1-9,11,15,21H,10H2,(H,20,22). The molecule has 0 saturated carbocycles. The van der Waals surface area contributed by atoms with Gasteiger partial charge in [-0.3, -0.25) is 4.79 Å². The number of nitrogens with one attached hydrogen (secondary N) is 1. The molecule has 1 amide bonds. The van der Waals surface area contributed by atoms with Crippen molar-refractivity contribution in [3.05, 3.63) is 70.4 Å². The summed E-state index contributed by atoms with van der Waals surface area (Å²) in [4.78, 5) is 13.4. The molecule has 1 aliphatic rings. The fourth-order valence-corrected chi connectivity index (χ4v) is 6.03. The van der Waals surface area contributed by atoms with E-state index in [-0.39, 0.29) is 33.8 Å². The average molecular weight is 385 g/mol. The highest BCUT2D eigenvalue weighted by Crippen LogP contribution is 2.45. The first kappa shape index (κ1) is 16.8. The topological polar surface area (TPSA) is 83.5 Å². The predicted octanol–water partition coefficient (Wildman–Crippen LogP) is 3.76. The molecule has 3 aromatic rings. The third-order valence-corrected chi connectivity index (χ3v) is 7.43. The molecule has 2 heterocycles. The molecule has 4 rings (SSSR count). The molecule has 0 aliphatic carbocycles. The summed E-state index contributed by atoms with van der Waals surface area (Å²) >= 11 is 1.33. The Balaban J connectivity index is 1.83. The molecule has 7 heteroatoms. The predicted molar refractivity (Wildman–Crippen MR) is 99.4 cm³/mol. The molecule has 1 aliphatic heterocycles. The molecule has 5 nitrogen and oxygen atoms in total. The molecule has 1 unspecified atom stereocenters. The zero-order valence-electron chi connectivity index (χ0n) is 13.5. The lowest BCUT2D eigenvalue weighted by molar-refractivity contribution is -0.116. The monoisotopic (exact) mass is 385 g/mol. The second-order valence-electron chi connectivity index (χ2n) is 6.05. The highest BCUT2D eigenvalue weighted by atomic mass is 32.2. The number of hydrogen-bond donors (Lipinski definition) is 2. The number of fused-ring (bicyclic) bond motifs is 1. The van der Waals surface area contributed by atoms with Gasteiger partial charge in [0.1, 0.15) is 10.6 Å². The van der Waals surface area contributed by atoms with Crippen molar-refractivity contribution < 1.29 is 18.3 Å². The molecular weight excluding hydrogens is 370 g/mol. The van der Waals surface area contributed by atoms with Crippen molar-refractivity contribution in [1.82, 2.24) is 0 Å². The van der Waals surface area contributed by atoms with Crippen LogP contribution < -0.4 is 5.32 Å². The number of carbonyl (C=O) groups excluding carboxylic acids is 1. The zero-order chi connectivity index (χ0) is 18.3. The van der Waals surface area contributed by atoms with Crippen LogP contribution in [0, 0.1) is 0 Å². The van der Waals surface area contributed by atoms with Crippen LogP contribution in [0.5, 0.6) is 5.75 Å². The summed E-state index contributed by atoms with van der Waals surface area (Å²) in [5.74, 6) is -0.310. The minimum absolute atomic E-state index is 0.125. The summed E-state index contributed by atoms with van der Waals surface area (Å²) in [6.07, 6.45) is 0.239. The van der Waals surface area contributed by atoms with Crippen LogP contribution in [-0.2, 0) is 14.6 Å². The number of phenolic OH excluding ortho intramolecular Hbond substituents is 1. The smallest absolute Gasteiger partial charge is 0.225 e. The number of carbonyl (C=O) groups is 1. The second kappa shape index (κ2) is 6.26. The minimum Gasteiger partial charge on any atom is -0.508 e. The van der Waals surface area contributed by atoms with Crippen LogP contribution in [0.1, 0.15) is 22.8 Å². The van der Waals surface area contributed by atoms with Crippen LogP contribution >= 0.6 is 11.3 Å². The molecule has 26 heavy (non-hydrogen) atoms. The lowest BCUT2D eigenvalue weighted by atomic mass is 9.91. The number of hydrogen-bond acceptors (Lipinski definition) is 5. The SMILES string of the molecule is O=C1CC(c2ccc(O)cc2)c2scc(S(=O)(=O)c3ccccc3)c2N1. The molecule has 132 valence electrons. The van der Waals surface area contributed by atoms with Crippen molar-refractivity contribution in [1.29, 1.82) is 0 Å². The van der Waals surface area contributed by atoms with E-state index in [1.54, 1.807) is 60.0 Å². The molecule has 2 N–H and O–H groups in total. The Bertz CT molecular complexity index is 1070. The van der Waals surface area contributed by atoms with Gasteiger partial charge in [-0.15, -0.1) is 11.3 Å². The zero-order valence-corrected chi connectivity index (χ0v) is 15.2. The summed E-state index contributed by atoms with van der Waals surface area (Å²) < 4.78 is 26.0. The third kappa shape index (κ3) is 2.79. The summed E-state index contributed by atoms with van der Waals surface area (Å²) in [7, 11) is -3.72. The Hall–Kier alpha value is -2.64. The van der Waals surface area contributed by atoms with Crippen LogP contribution in [0.4, 0.5) is 5.69 Å². The number of thiophene rings is 1. The first-order chi connectivity index (χ1) is 12.5. The first-order valence-electron chi connectivity index (χ1n) is 7.97. The number of sulfone groups is 1. The Kier molecular flexibility index (Phi) is 4.05. The maximum Gasteiger partial charge on any atom is 0.225 e. The average Bonchev–Trinajstić information content (AvgIpc) is 3.07. The highest BCUT2D eigenvalue weighted by molar-refractivity contribution is 7.91. The number of aromatic hydroxyl groups is 1. The largest absolute Gasteiger partial charge is 0.508 e. The Morgan fingerprint density at radius 2 is 1.73 bits per heavy atom. The van der Waals surface area contributed by atoms with Crippen molar-refractivity contribution in [2.24, 2.45) is 0 Å². The van der Waals surface area contributed by atoms with Gasteiger partial charge in [-0.1, -0.05) is 30.3 Å². The highest BCUT2D eigenvalue weighted by Gasteiger charge is 2.34. The van der Waals surface area contributed by atoms with Crippen molar-refractivity contribution in [3.8, 4) is 5.75 Å². The van der Waals surface area contributed by atoms with Gasteiger partial charge in [0.25, 0.3) is 0 Å². The first-order valence-corrected chi connectivity index (χ1v) is 10.3. The molecule has 0 fully saturated rings. The van der Waals surface area contributed by atoms with Gasteiger partial charge in [0.15, 0.2) is 0 Å². The summed E-state index contributed by atoms with van der Waals surface area (Å²) in [6, 6.07) is 14.8. The third-order valence-electron chi connectivity index (χ3n) is 4.39. The number of rotatable bonds is 3. The van der Waals surface area contributed by atoms with E-state index in [0.29, 0.717) is 5.69 Å². The number of phenols is 1. The molecular formula is C19H15NO4S2. The van der Waals surface area contributed by atoms with E-state index >= 15 is 0 Å². The van der Waals surface area contributed by atoms with E-state index < -0.39 is 9.84 Å². The van der Waals surface area contributed by atoms with Gasteiger partial charge in [-0.25, -0.2) is 8.42 Å². The van der Waals surface area contributed by atoms with Gasteiger partial charge in [0.2, 0.25) is 15.7 Å². The van der Waals surface area contributed by atoms with E-state index in [9.17, 15) is 18.3 Å². The fraction of sp³-hybridized carbons (Fsp3) is 0.105. The van der Waals surface area contributed by atoms with E-state index in [4.69, 9.17) is 0 Å². The van der Waals surface area contributed by atoms with Crippen molar-refractivity contribution in [2.75, 3.05) is 5.32 Å². The van der Waals surface area contributed by atoms with Crippen LogP contribution in [0.3, 0.4) is 0 Å². The van der Waals surface area contributed by atoms with Crippen LogP contribution in [0.25, 0.3) is 0 Å². The lowest BCUT2D eigenvalue weighted by Gasteiger charge is -2.23. The Morgan fingerprint density at radius 3 is 2.42 bits per heavy atom. The minimum atomic E-state index is -3.72. The van der Waals surface area contributed by atoms with Gasteiger partial charge in [-0.05, 0) is 29.8 Å². The van der Waals surface area contributed by atoms with E-state index in [2.05, 4.69) is 5.32 Å². The lowest BCUT2D eigenvalue weighted by Crippen LogP contribution is -2.23. The van der Waals surface area contributed by atoms with Crippen LogP contribution in [0.15, 0.2) is 69.8 Å². The van der Waals surface area contributed by atoms with Crippen LogP contribution in [0.2, 0.25) is 0 Å². The number of amides is 1. The van der Waals surface area contributed by atoms with Gasteiger partial charge in [-0.2, -0.15) is 0 Å². The normalized spacial score (nSPS) is 16.8. The Labute approximate surface area is 154 Å². The van der Waals surface area contributed by atoms with Crippen molar-refractivity contribution in [3.63, 3.8) is 0 Å². The van der Waals surface area contributed by atoms with E-state index in [1.807, 2.05) is 0 Å². The molecule has 2 aromatic carbocycles. The summed E-state index contributed by atoms with van der Waals surface area (Å²) in [5.41, 5.74) is 1.23. The van der Waals surface area contributed by atoms with Gasteiger partial charge in [0, 0.05) is 22.6 Å². The second-order valence-corrected chi connectivity index (χ2v) is 8.88. The quantitative estimate of drug-likeness (QED) is 0.719. The van der Waals surface area contributed by atoms with Crippen molar-refractivity contribution in [2.45, 2.75) is 22.1 Å². The fourth-order valence-electron chi connectivity index (χ4n) is 3.10. The van der Waals surface area contributed by atoms with Gasteiger partial charge >= 0.3 is 0 Å². The summed E-state index contributed by atoms with van der Waals surface area (Å²) in [5, 5.41) is 13.8. The van der Waals surface area contributed by atoms with E-state index in [1.165, 1.54) is 11.3 Å². The molecule has 1 atom stereocenters. The van der Waals surface area contributed by atoms with Crippen LogP contribution in [-0.4, -0.2) is 19.4 Å². The van der Waals surface area contributed by atoms with Gasteiger partial charge < -0.3 is 10.4 Å². The molecule has 0 saturated heterocycles. The molecule has 1 aromatic heterocycles. The van der Waals surface area contributed by atoms with Gasteiger partial charge in [0.05, 0.1) is 10.6 Å². The number of benzene rings is 2. The molecule has 0 bridgehead atoms. The maximum absolute atomic E-state index is 13.0. The Morgan fingerprint density at radius 1 is 1.04 bits per heavy atom. The summed E-state index contributed by atoms with van der Waals surface area (Å²) in [6.45, 7) is 0. The van der Waals surface area contributed by atoms with Crippen molar-refractivity contribution >= 4 is 32.8 Å². The van der Waals surface area contributed by atoms with E-state index in [0.717, 1.165) is 10.4 Å². The number of anilines is 1. The molecule has 0 spiro atoms. The molecule has 0 radical (unpaired) electrons.